The zero-order valence-electron chi connectivity index (χ0n) is 12.7. The highest BCUT2D eigenvalue weighted by Gasteiger charge is 2.52. The van der Waals surface area contributed by atoms with Crippen LogP contribution in [0.2, 0.25) is 37.3 Å². The Morgan fingerprint density at radius 2 is 1.26 bits per heavy atom. The van der Waals surface area contributed by atoms with Crippen LogP contribution < -0.4 is 0 Å². The summed E-state index contributed by atoms with van der Waals surface area (Å²) in [5.41, 5.74) is -1.36. The highest BCUT2D eigenvalue weighted by molar-refractivity contribution is 6.89. The molecule has 0 radical (unpaired) electrons. The molecule has 112 valence electrons. The van der Waals surface area contributed by atoms with Crippen molar-refractivity contribution in [2.75, 3.05) is 0 Å². The summed E-state index contributed by atoms with van der Waals surface area (Å²) in [5.74, 6) is -1.87. The van der Waals surface area contributed by atoms with Gasteiger partial charge in [-0.05, 0) is 39.0 Å². The summed E-state index contributed by atoms with van der Waals surface area (Å²) >= 11 is 0. The first-order valence-electron chi connectivity index (χ1n) is 6.65. The normalized spacial score (nSPS) is 18.4. The Bertz CT molecular complexity index is 316. The van der Waals surface area contributed by atoms with Gasteiger partial charge in [0.2, 0.25) is 8.32 Å². The van der Waals surface area contributed by atoms with Crippen molar-refractivity contribution in [3.63, 3.8) is 0 Å². The summed E-state index contributed by atoms with van der Waals surface area (Å²) in [5, 5.41) is 18.8. The lowest BCUT2D eigenvalue weighted by atomic mass is 10.3. The van der Waals surface area contributed by atoms with E-state index >= 15 is 0 Å². The second-order valence-electron chi connectivity index (χ2n) is 6.00. The first-order chi connectivity index (χ1) is 8.49. The second-order valence-corrected chi connectivity index (χ2v) is 14.8. The topological polar surface area (TPSA) is 83.8 Å². The molecule has 2 atom stereocenters. The lowest BCUT2D eigenvalue weighted by Gasteiger charge is -2.41. The van der Waals surface area contributed by atoms with E-state index in [4.69, 9.17) is 4.12 Å². The van der Waals surface area contributed by atoms with Crippen molar-refractivity contribution in [1.82, 2.24) is 0 Å². The van der Waals surface area contributed by atoms with Crippen molar-refractivity contribution in [3.8, 4) is 0 Å². The minimum Gasteiger partial charge on any atom is -0.481 e. The smallest absolute Gasteiger partial charge is 0.306 e. The Morgan fingerprint density at radius 1 is 0.947 bits per heavy atom. The number of rotatable bonds is 8. The van der Waals surface area contributed by atoms with E-state index in [1.165, 1.54) is 0 Å². The van der Waals surface area contributed by atoms with Crippen molar-refractivity contribution < 1.29 is 23.9 Å². The summed E-state index contributed by atoms with van der Waals surface area (Å²) in [4.78, 5) is 23.0. The van der Waals surface area contributed by atoms with Gasteiger partial charge in [0.25, 0.3) is 0 Å². The van der Waals surface area contributed by atoms with Crippen LogP contribution in [0.3, 0.4) is 0 Å². The lowest BCUT2D eigenvalue weighted by molar-refractivity contribution is -0.137. The van der Waals surface area contributed by atoms with Crippen molar-refractivity contribution in [2.45, 2.75) is 64.0 Å². The molecule has 0 aliphatic carbocycles. The van der Waals surface area contributed by atoms with Crippen LogP contribution in [0.1, 0.15) is 26.7 Å². The van der Waals surface area contributed by atoms with Crippen LogP contribution >= 0.6 is 0 Å². The molecule has 0 aromatic heterocycles. The maximum absolute atomic E-state index is 11.5. The molecule has 0 bridgehead atoms. The van der Waals surface area contributed by atoms with Crippen LogP contribution in [0, 0.1) is 0 Å². The predicted octanol–water partition coefficient (Wildman–Crippen LogP) is 3.14. The standard InChI is InChI=1S/C12H26O5Si2/c1-7-9(11(13)14)19(6,17-18(3,4)5)10(8-2)12(15)16/h9-10H,7-8H2,1-6H3,(H,13,14)(H,15,16). The molecule has 0 aliphatic heterocycles. The highest BCUT2D eigenvalue weighted by Crippen LogP contribution is 2.40. The van der Waals surface area contributed by atoms with Crippen LogP contribution in [-0.4, -0.2) is 38.8 Å². The Balaban J connectivity index is 5.69. The number of carbonyl (C=O) groups is 2. The van der Waals surface area contributed by atoms with Crippen LogP contribution in [0.15, 0.2) is 0 Å². The van der Waals surface area contributed by atoms with Crippen LogP contribution in [0.4, 0.5) is 0 Å². The average molecular weight is 307 g/mol. The van der Waals surface area contributed by atoms with Gasteiger partial charge in [-0.25, -0.2) is 0 Å². The minimum atomic E-state index is -2.91. The number of carboxylic acid groups (broad SMARTS) is 2. The van der Waals surface area contributed by atoms with Gasteiger partial charge < -0.3 is 14.3 Å². The second kappa shape index (κ2) is 6.67. The largest absolute Gasteiger partial charge is 0.481 e. The number of aliphatic carboxylic acids is 2. The molecule has 5 nitrogen and oxygen atoms in total. The van der Waals surface area contributed by atoms with E-state index in [9.17, 15) is 19.8 Å². The molecule has 0 heterocycles. The summed E-state index contributed by atoms with van der Waals surface area (Å²) in [6, 6.07) is 0. The predicted molar refractivity (Wildman–Crippen MR) is 79.4 cm³/mol. The molecular weight excluding hydrogens is 280 g/mol. The molecule has 7 heteroatoms. The fourth-order valence-corrected chi connectivity index (χ4v) is 12.2. The molecule has 0 spiro atoms. The molecule has 2 N–H and O–H groups in total. The van der Waals surface area contributed by atoms with Crippen LogP contribution in [0.25, 0.3) is 0 Å². The van der Waals surface area contributed by atoms with E-state index in [-0.39, 0.29) is 0 Å². The van der Waals surface area contributed by atoms with E-state index < -0.39 is 39.7 Å². The average Bonchev–Trinajstić information content (AvgIpc) is 2.14. The molecular formula is C12H26O5Si2. The van der Waals surface area contributed by atoms with E-state index in [0.29, 0.717) is 12.8 Å². The first-order valence-corrected chi connectivity index (χ1v) is 12.6. The molecule has 0 aliphatic rings. The van der Waals surface area contributed by atoms with Gasteiger partial charge in [-0.15, -0.1) is 0 Å². The van der Waals surface area contributed by atoms with E-state index in [2.05, 4.69) is 0 Å². The third-order valence-electron chi connectivity index (χ3n) is 3.32. The molecule has 0 fully saturated rings. The molecule has 0 saturated carbocycles. The Labute approximate surface area is 117 Å². The number of hydrogen-bond acceptors (Lipinski definition) is 3. The van der Waals surface area contributed by atoms with Crippen LogP contribution in [0.5, 0.6) is 0 Å². The van der Waals surface area contributed by atoms with Crippen molar-refractivity contribution in [3.05, 3.63) is 0 Å². The first kappa shape index (κ1) is 18.3. The molecule has 0 rings (SSSR count). The molecule has 2 unspecified atom stereocenters. The molecule has 0 aromatic rings. The van der Waals surface area contributed by atoms with Crippen molar-refractivity contribution in [1.29, 1.82) is 0 Å². The van der Waals surface area contributed by atoms with Gasteiger partial charge >= 0.3 is 11.9 Å². The van der Waals surface area contributed by atoms with Gasteiger partial charge in [0.15, 0.2) is 8.32 Å². The van der Waals surface area contributed by atoms with Gasteiger partial charge in [0.05, 0.1) is 11.1 Å². The summed E-state index contributed by atoms with van der Waals surface area (Å²) in [6.45, 7) is 11.3. The van der Waals surface area contributed by atoms with Gasteiger partial charge in [-0.3, -0.25) is 9.59 Å². The maximum atomic E-state index is 11.5. The monoisotopic (exact) mass is 306 g/mol. The maximum Gasteiger partial charge on any atom is 0.306 e. The third kappa shape index (κ3) is 4.74. The molecule has 19 heavy (non-hydrogen) atoms. The van der Waals surface area contributed by atoms with E-state index in [1.54, 1.807) is 20.4 Å². The molecule has 0 amide bonds. The molecule has 0 aromatic carbocycles. The SMILES string of the molecule is CCC(C(=O)O)[Si](C)(O[Si](C)(C)C)C(CC)C(=O)O. The van der Waals surface area contributed by atoms with Gasteiger partial charge in [-0.2, -0.15) is 0 Å². The number of hydrogen-bond donors (Lipinski definition) is 2. The number of carboxylic acids is 2. The quantitative estimate of drug-likeness (QED) is 0.673. The van der Waals surface area contributed by atoms with Gasteiger partial charge in [0, 0.05) is 0 Å². The van der Waals surface area contributed by atoms with E-state index in [1.807, 2.05) is 19.6 Å². The summed E-state index contributed by atoms with van der Waals surface area (Å²) in [6.07, 6.45) is 0.818. The minimum absolute atomic E-state index is 0.409. The zero-order chi connectivity index (χ0) is 15.4. The van der Waals surface area contributed by atoms with Gasteiger partial charge in [0.1, 0.15) is 0 Å². The fourth-order valence-electron chi connectivity index (χ4n) is 2.70. The van der Waals surface area contributed by atoms with E-state index in [0.717, 1.165) is 0 Å². The highest BCUT2D eigenvalue weighted by atomic mass is 28.4. The lowest BCUT2D eigenvalue weighted by Crippen LogP contribution is -2.55. The van der Waals surface area contributed by atoms with Crippen LogP contribution in [-0.2, 0) is 13.7 Å². The Hall–Kier alpha value is -0.666. The summed E-state index contributed by atoms with van der Waals surface area (Å²) < 4.78 is 6.17. The zero-order valence-corrected chi connectivity index (χ0v) is 14.7. The van der Waals surface area contributed by atoms with Gasteiger partial charge in [-0.1, -0.05) is 13.8 Å². The molecule has 0 saturated heterocycles. The fraction of sp³-hybridized carbons (Fsp3) is 0.833. The summed E-state index contributed by atoms with van der Waals surface area (Å²) in [7, 11) is -4.91. The van der Waals surface area contributed by atoms with Crippen molar-refractivity contribution in [2.24, 2.45) is 0 Å². The Kier molecular flexibility index (Phi) is 6.43. The van der Waals surface area contributed by atoms with Crippen molar-refractivity contribution >= 4 is 28.6 Å². The Morgan fingerprint density at radius 3 is 1.42 bits per heavy atom. The third-order valence-corrected chi connectivity index (χ3v) is 11.6.